The number of rotatable bonds is 8. The molecule has 8 nitrogen and oxygen atoms in total. The molecule has 27 heavy (non-hydrogen) atoms. The third-order valence-electron chi connectivity index (χ3n) is 2.72. The van der Waals surface area contributed by atoms with Crippen LogP contribution in [0.4, 0.5) is 5.69 Å². The van der Waals surface area contributed by atoms with E-state index >= 15 is 0 Å². The molecule has 0 heterocycles. The molecule has 0 aliphatic heterocycles. The van der Waals surface area contributed by atoms with Gasteiger partial charge in [0.1, 0.15) is 0 Å². The van der Waals surface area contributed by atoms with Crippen LogP contribution in [0.3, 0.4) is 0 Å². The number of benzene rings is 1. The monoisotopic (exact) mass is 380 g/mol. The van der Waals surface area contributed by atoms with Gasteiger partial charge in [-0.25, -0.2) is 0 Å². The number of amides is 2. The van der Waals surface area contributed by atoms with Crippen LogP contribution < -0.4 is 16.4 Å². The number of anilines is 1. The molecule has 1 aromatic rings. The second-order valence-corrected chi connectivity index (χ2v) is 5.44. The number of hydrogen-bond donors (Lipinski definition) is 5. The number of carbonyl (C=O) groups is 2. The Hall–Kier alpha value is -2.63. The number of nitrogens with two attached hydrogens (primary N) is 1. The highest BCUT2D eigenvalue weighted by molar-refractivity contribution is 6.00. The number of aliphatic hydroxyl groups excluding tert-OH is 2. The number of aliphatic hydroxyl groups is 2. The van der Waals surface area contributed by atoms with E-state index in [1.807, 2.05) is 0 Å². The van der Waals surface area contributed by atoms with Crippen molar-refractivity contribution < 1.29 is 19.8 Å². The summed E-state index contributed by atoms with van der Waals surface area (Å²) in [5, 5.41) is 29.9. The Morgan fingerprint density at radius 2 is 1.33 bits per heavy atom. The number of carbonyl (C=O) groups excluding carboxylic acids is 2. The Bertz CT molecular complexity index is 545. The van der Waals surface area contributed by atoms with Gasteiger partial charge in [-0.3, -0.25) is 9.59 Å². The van der Waals surface area contributed by atoms with Crippen LogP contribution in [0.2, 0.25) is 0 Å². The van der Waals surface area contributed by atoms with Gasteiger partial charge in [0.2, 0.25) is 0 Å². The van der Waals surface area contributed by atoms with Crippen LogP contribution in [-0.4, -0.2) is 48.3 Å². The second kappa shape index (κ2) is 18.2. The van der Waals surface area contributed by atoms with Gasteiger partial charge in [0, 0.05) is 50.0 Å². The van der Waals surface area contributed by atoms with Gasteiger partial charge in [0.05, 0.1) is 6.07 Å². The molecule has 0 fully saturated rings. The standard InChI is InChI=1S/C14H21N3O4.C3H8.C2H3N/c15-12-8-10(13(20)16-3-1-5-18)7-11(9-12)14(21)17-4-2-6-19;1-3-2;1-2-3/h7-9,18-19H,1-6,15H2,(H,16,20)(H,17,21);3H2,1-2H3;1H3. The molecule has 1 aromatic carbocycles. The molecule has 0 unspecified atom stereocenters. The van der Waals surface area contributed by atoms with Crippen molar-refractivity contribution in [3.63, 3.8) is 0 Å². The maximum absolute atomic E-state index is 11.9. The zero-order valence-corrected chi connectivity index (χ0v) is 16.4. The van der Waals surface area contributed by atoms with E-state index < -0.39 is 0 Å². The van der Waals surface area contributed by atoms with E-state index in [0.29, 0.717) is 42.7 Å². The summed E-state index contributed by atoms with van der Waals surface area (Å²) in [6, 6.07) is 6.18. The number of hydrogen-bond acceptors (Lipinski definition) is 6. The van der Waals surface area contributed by atoms with Crippen LogP contribution >= 0.6 is 0 Å². The van der Waals surface area contributed by atoms with E-state index in [-0.39, 0.29) is 25.0 Å². The molecule has 0 saturated carbocycles. The van der Waals surface area contributed by atoms with E-state index in [4.69, 9.17) is 21.2 Å². The van der Waals surface area contributed by atoms with Gasteiger partial charge in [0.15, 0.2) is 0 Å². The molecule has 2 amide bonds. The topological polar surface area (TPSA) is 148 Å². The molecule has 0 bridgehead atoms. The number of nitrogens with zero attached hydrogens (tertiary/aromatic N) is 1. The Morgan fingerprint density at radius 1 is 1.00 bits per heavy atom. The molecule has 6 N–H and O–H groups in total. The number of nitrogen functional groups attached to an aromatic ring is 1. The first kappa shape index (κ1) is 26.6. The van der Waals surface area contributed by atoms with Crippen molar-refractivity contribution in [2.24, 2.45) is 0 Å². The fraction of sp³-hybridized carbons (Fsp3) is 0.526. The zero-order chi connectivity index (χ0) is 21.1. The number of nitrogens with one attached hydrogen (secondary N) is 2. The van der Waals surface area contributed by atoms with Crippen LogP contribution in [0.1, 0.15) is 60.7 Å². The maximum Gasteiger partial charge on any atom is 0.251 e. The SMILES string of the molecule is CC#N.CCC.Nc1cc(C(=O)NCCCO)cc(C(=O)NCCCO)c1. The first-order valence-corrected chi connectivity index (χ1v) is 8.91. The highest BCUT2D eigenvalue weighted by atomic mass is 16.3. The highest BCUT2D eigenvalue weighted by Crippen LogP contribution is 2.12. The highest BCUT2D eigenvalue weighted by Gasteiger charge is 2.11. The van der Waals surface area contributed by atoms with Crippen LogP contribution in [-0.2, 0) is 0 Å². The van der Waals surface area contributed by atoms with Crippen LogP contribution in [0, 0.1) is 11.3 Å². The summed E-state index contributed by atoms with van der Waals surface area (Å²) in [7, 11) is 0. The van der Waals surface area contributed by atoms with Crippen LogP contribution in [0.25, 0.3) is 0 Å². The van der Waals surface area contributed by atoms with Gasteiger partial charge < -0.3 is 26.6 Å². The van der Waals surface area contributed by atoms with E-state index in [1.54, 1.807) is 6.07 Å². The molecule has 0 saturated heterocycles. The molecule has 0 aliphatic carbocycles. The van der Waals surface area contributed by atoms with E-state index in [9.17, 15) is 9.59 Å². The van der Waals surface area contributed by atoms with E-state index in [2.05, 4.69) is 24.5 Å². The third-order valence-corrected chi connectivity index (χ3v) is 2.72. The quantitative estimate of drug-likeness (QED) is 0.340. The lowest BCUT2D eigenvalue weighted by Crippen LogP contribution is -2.27. The van der Waals surface area contributed by atoms with Crippen LogP contribution in [0.15, 0.2) is 18.2 Å². The van der Waals surface area contributed by atoms with Gasteiger partial charge in [-0.05, 0) is 31.0 Å². The minimum atomic E-state index is -0.347. The van der Waals surface area contributed by atoms with Crippen LogP contribution in [0.5, 0.6) is 0 Å². The van der Waals surface area contributed by atoms with Gasteiger partial charge in [-0.15, -0.1) is 0 Å². The molecular formula is C19H32N4O4. The Morgan fingerprint density at radius 3 is 1.63 bits per heavy atom. The average molecular weight is 380 g/mol. The molecule has 0 radical (unpaired) electrons. The number of nitriles is 1. The van der Waals surface area contributed by atoms with Crippen molar-refractivity contribution in [2.75, 3.05) is 32.0 Å². The fourth-order valence-corrected chi connectivity index (χ4v) is 1.68. The van der Waals surface area contributed by atoms with Gasteiger partial charge in [-0.2, -0.15) is 5.26 Å². The summed E-state index contributed by atoms with van der Waals surface area (Å²) in [5.41, 5.74) is 6.61. The smallest absolute Gasteiger partial charge is 0.251 e. The summed E-state index contributed by atoms with van der Waals surface area (Å²) in [4.78, 5) is 23.8. The van der Waals surface area contributed by atoms with Gasteiger partial charge in [0.25, 0.3) is 11.8 Å². The normalized spacial score (nSPS) is 8.89. The Labute approximate surface area is 161 Å². The molecular weight excluding hydrogens is 348 g/mol. The van der Waals surface area contributed by atoms with Crippen molar-refractivity contribution in [3.8, 4) is 6.07 Å². The predicted octanol–water partition coefficient (Wildman–Crippen LogP) is 1.44. The predicted molar refractivity (Wildman–Crippen MR) is 106 cm³/mol. The molecule has 0 aromatic heterocycles. The minimum Gasteiger partial charge on any atom is -0.399 e. The lowest BCUT2D eigenvalue weighted by atomic mass is 10.1. The van der Waals surface area contributed by atoms with Crippen molar-refractivity contribution in [3.05, 3.63) is 29.3 Å². The molecule has 0 spiro atoms. The average Bonchev–Trinajstić information content (AvgIpc) is 2.62. The van der Waals surface area contributed by atoms with Gasteiger partial charge in [-0.1, -0.05) is 20.3 Å². The van der Waals surface area contributed by atoms with Gasteiger partial charge >= 0.3 is 0 Å². The largest absolute Gasteiger partial charge is 0.399 e. The summed E-state index contributed by atoms with van der Waals surface area (Å²) in [5.74, 6) is -0.694. The van der Waals surface area contributed by atoms with Crippen molar-refractivity contribution in [1.29, 1.82) is 5.26 Å². The third kappa shape index (κ3) is 14.2. The first-order chi connectivity index (χ1) is 12.9. The molecule has 0 atom stereocenters. The summed E-state index contributed by atoms with van der Waals surface area (Å²) < 4.78 is 0. The lowest BCUT2D eigenvalue weighted by molar-refractivity contribution is 0.0950. The molecule has 1 rings (SSSR count). The first-order valence-electron chi connectivity index (χ1n) is 8.91. The molecule has 152 valence electrons. The molecule has 8 heteroatoms. The lowest BCUT2D eigenvalue weighted by Gasteiger charge is -2.09. The summed E-state index contributed by atoms with van der Waals surface area (Å²) in [6.45, 7) is 6.37. The minimum absolute atomic E-state index is 0.00424. The van der Waals surface area contributed by atoms with E-state index in [0.717, 1.165) is 0 Å². The zero-order valence-electron chi connectivity index (χ0n) is 16.4. The maximum atomic E-state index is 11.9. The Kier molecular flexibility index (Phi) is 17.9. The fourth-order valence-electron chi connectivity index (χ4n) is 1.68. The Balaban J connectivity index is 0. The van der Waals surface area contributed by atoms with Crippen molar-refractivity contribution >= 4 is 17.5 Å². The second-order valence-electron chi connectivity index (χ2n) is 5.44. The van der Waals surface area contributed by atoms with Crippen molar-refractivity contribution in [2.45, 2.75) is 40.0 Å². The van der Waals surface area contributed by atoms with Crippen molar-refractivity contribution in [1.82, 2.24) is 10.6 Å². The molecule has 0 aliphatic rings. The summed E-state index contributed by atoms with van der Waals surface area (Å²) >= 11 is 0. The van der Waals surface area contributed by atoms with E-state index in [1.165, 1.54) is 31.5 Å². The summed E-state index contributed by atoms with van der Waals surface area (Å²) in [6.07, 6.45) is 2.17.